The van der Waals surface area contributed by atoms with Crippen LogP contribution in [0.15, 0.2) is 49.0 Å². The lowest BCUT2D eigenvalue weighted by atomic mass is 9.94. The van der Waals surface area contributed by atoms with E-state index in [0.717, 1.165) is 32.5 Å². The zero-order chi connectivity index (χ0) is 21.3. The van der Waals surface area contributed by atoms with Crippen LogP contribution in [-0.4, -0.2) is 38.6 Å². The first-order chi connectivity index (χ1) is 14.6. The van der Waals surface area contributed by atoms with Crippen LogP contribution in [0.5, 0.6) is 0 Å². The molecule has 0 radical (unpaired) electrons. The Hall–Kier alpha value is -2.06. The lowest BCUT2D eigenvalue weighted by Gasteiger charge is -2.19. The number of nitrogens with zero attached hydrogens (tertiary/aromatic N) is 2. The molecule has 3 rings (SSSR count). The summed E-state index contributed by atoms with van der Waals surface area (Å²) < 4.78 is 0. The molecule has 0 saturated heterocycles. The van der Waals surface area contributed by atoms with E-state index in [4.69, 9.17) is 0 Å². The van der Waals surface area contributed by atoms with Crippen molar-refractivity contribution < 1.29 is 0 Å². The van der Waals surface area contributed by atoms with Crippen molar-refractivity contribution in [1.82, 2.24) is 4.90 Å². The Morgan fingerprint density at radius 3 is 2.60 bits per heavy atom. The van der Waals surface area contributed by atoms with Crippen molar-refractivity contribution in [2.24, 2.45) is 0 Å². The molecule has 0 spiro atoms. The monoisotopic (exact) mass is 404 g/mol. The number of benzene rings is 2. The summed E-state index contributed by atoms with van der Waals surface area (Å²) in [5.41, 5.74) is 8.69. The Bertz CT molecular complexity index is 809. The minimum atomic E-state index is 1.11. The van der Waals surface area contributed by atoms with E-state index in [1.165, 1.54) is 72.0 Å². The van der Waals surface area contributed by atoms with Crippen LogP contribution in [0.4, 0.5) is 5.69 Å². The fourth-order valence-electron chi connectivity index (χ4n) is 4.54. The number of hydrogen-bond donors (Lipinski definition) is 0. The Labute approximate surface area is 184 Å². The highest BCUT2D eigenvalue weighted by molar-refractivity contribution is 5.72. The third kappa shape index (κ3) is 6.22. The van der Waals surface area contributed by atoms with Crippen LogP contribution in [0.25, 0.3) is 5.57 Å². The van der Waals surface area contributed by atoms with Crippen molar-refractivity contribution in [3.63, 3.8) is 0 Å². The second-order valence-electron chi connectivity index (χ2n) is 9.02. The van der Waals surface area contributed by atoms with Crippen LogP contribution in [0.3, 0.4) is 0 Å². The third-order valence-corrected chi connectivity index (χ3v) is 6.47. The van der Waals surface area contributed by atoms with Gasteiger partial charge in [0.15, 0.2) is 0 Å². The number of fused-ring (bicyclic) bond motifs is 1. The molecule has 162 valence electrons. The van der Waals surface area contributed by atoms with E-state index in [2.05, 4.69) is 79.9 Å². The van der Waals surface area contributed by atoms with E-state index in [1.54, 1.807) is 0 Å². The molecule has 2 nitrogen and oxygen atoms in total. The lowest BCUT2D eigenvalue weighted by Crippen LogP contribution is -2.22. The van der Waals surface area contributed by atoms with E-state index < -0.39 is 0 Å². The molecule has 0 unspecified atom stereocenters. The maximum atomic E-state index is 4.46. The number of aryl methyl sites for hydroxylation is 1. The Balaban J connectivity index is 1.46. The molecular formula is C28H40N2. The van der Waals surface area contributed by atoms with Gasteiger partial charge < -0.3 is 9.80 Å². The minimum absolute atomic E-state index is 1.11. The van der Waals surface area contributed by atoms with E-state index in [-0.39, 0.29) is 0 Å². The highest BCUT2D eigenvalue weighted by atomic mass is 15.1. The van der Waals surface area contributed by atoms with Crippen LogP contribution >= 0.6 is 0 Å². The molecular weight excluding hydrogens is 364 g/mol. The molecule has 1 heterocycles. The van der Waals surface area contributed by atoms with E-state index >= 15 is 0 Å². The largest absolute Gasteiger partial charge is 0.374 e. The molecule has 2 aromatic rings. The fraction of sp³-hybridized carbons (Fsp3) is 0.500. The zero-order valence-corrected chi connectivity index (χ0v) is 19.4. The summed E-state index contributed by atoms with van der Waals surface area (Å²) >= 11 is 0. The number of unbranched alkanes of at least 4 members (excludes halogenated alkanes) is 2. The SMILES string of the molecule is C=C(CCCCN(C)CCc1ccccc1)c1cc(CCCC)c2c(c1)CCN2C. The van der Waals surface area contributed by atoms with Gasteiger partial charge in [0.05, 0.1) is 0 Å². The first kappa shape index (κ1) is 22.6. The molecule has 1 aliphatic rings. The molecule has 2 aromatic carbocycles. The van der Waals surface area contributed by atoms with Gasteiger partial charge in [0.25, 0.3) is 0 Å². The van der Waals surface area contributed by atoms with Gasteiger partial charge in [-0.2, -0.15) is 0 Å². The molecule has 0 bridgehead atoms. The molecule has 0 aliphatic carbocycles. The van der Waals surface area contributed by atoms with Gasteiger partial charge in [-0.25, -0.2) is 0 Å². The van der Waals surface area contributed by atoms with Gasteiger partial charge in [-0.05, 0) is 98.5 Å². The number of likely N-dealkylation sites (N-methyl/N-ethyl adjacent to an activating group) is 2. The number of anilines is 1. The Morgan fingerprint density at radius 2 is 1.83 bits per heavy atom. The molecule has 0 atom stereocenters. The van der Waals surface area contributed by atoms with Crippen molar-refractivity contribution in [3.05, 3.63) is 71.3 Å². The summed E-state index contributed by atoms with van der Waals surface area (Å²) in [6, 6.07) is 15.7. The predicted octanol–water partition coefficient (Wildman–Crippen LogP) is 6.38. The molecule has 1 aliphatic heterocycles. The minimum Gasteiger partial charge on any atom is -0.374 e. The van der Waals surface area contributed by atoms with Gasteiger partial charge in [0, 0.05) is 25.8 Å². The average Bonchev–Trinajstić information content (AvgIpc) is 3.15. The summed E-state index contributed by atoms with van der Waals surface area (Å²) in [6.45, 7) is 10.2. The van der Waals surface area contributed by atoms with Gasteiger partial charge in [-0.15, -0.1) is 0 Å². The first-order valence-electron chi connectivity index (χ1n) is 11.9. The summed E-state index contributed by atoms with van der Waals surface area (Å²) in [4.78, 5) is 4.90. The number of rotatable bonds is 12. The Kier molecular flexibility index (Phi) is 8.57. The highest BCUT2D eigenvalue weighted by Crippen LogP contribution is 2.35. The van der Waals surface area contributed by atoms with Crippen LogP contribution in [-0.2, 0) is 19.3 Å². The van der Waals surface area contributed by atoms with Crippen LogP contribution in [0, 0.1) is 0 Å². The summed E-state index contributed by atoms with van der Waals surface area (Å²) in [7, 11) is 4.48. The van der Waals surface area contributed by atoms with Crippen LogP contribution in [0.1, 0.15) is 61.3 Å². The number of hydrogen-bond acceptors (Lipinski definition) is 2. The normalized spacial score (nSPS) is 13.1. The lowest BCUT2D eigenvalue weighted by molar-refractivity contribution is 0.330. The second-order valence-corrected chi connectivity index (χ2v) is 9.02. The van der Waals surface area contributed by atoms with Crippen molar-refractivity contribution in [2.45, 2.75) is 58.3 Å². The maximum Gasteiger partial charge on any atom is 0.0429 e. The second kappa shape index (κ2) is 11.4. The van der Waals surface area contributed by atoms with Crippen molar-refractivity contribution >= 4 is 11.3 Å². The molecule has 0 aromatic heterocycles. The fourth-order valence-corrected chi connectivity index (χ4v) is 4.54. The quantitative estimate of drug-likeness (QED) is 0.379. The Morgan fingerprint density at radius 1 is 1.03 bits per heavy atom. The van der Waals surface area contributed by atoms with Crippen molar-refractivity contribution in [3.8, 4) is 0 Å². The van der Waals surface area contributed by atoms with Crippen LogP contribution < -0.4 is 4.90 Å². The van der Waals surface area contributed by atoms with Crippen LogP contribution in [0.2, 0.25) is 0 Å². The smallest absolute Gasteiger partial charge is 0.0429 e. The zero-order valence-electron chi connectivity index (χ0n) is 19.4. The molecule has 0 saturated carbocycles. The molecule has 2 heteroatoms. The van der Waals surface area contributed by atoms with E-state index in [9.17, 15) is 0 Å². The first-order valence-corrected chi connectivity index (χ1v) is 11.9. The summed E-state index contributed by atoms with van der Waals surface area (Å²) in [5.74, 6) is 0. The van der Waals surface area contributed by atoms with E-state index in [0.29, 0.717) is 0 Å². The van der Waals surface area contributed by atoms with Crippen molar-refractivity contribution in [2.75, 3.05) is 38.6 Å². The molecule has 0 fully saturated rings. The standard InChI is InChI=1S/C28H40N2/c1-5-6-15-25-21-27(22-26-17-20-30(4)28(25)26)23(2)12-10-11-18-29(3)19-16-24-13-8-7-9-14-24/h7-9,13-14,21-22H,2,5-6,10-12,15-20H2,1,3-4H3. The van der Waals surface area contributed by atoms with Crippen molar-refractivity contribution in [1.29, 1.82) is 0 Å². The van der Waals surface area contributed by atoms with E-state index in [1.807, 2.05) is 0 Å². The van der Waals surface area contributed by atoms with Gasteiger partial charge in [-0.1, -0.05) is 50.3 Å². The molecule has 30 heavy (non-hydrogen) atoms. The maximum absolute atomic E-state index is 4.46. The summed E-state index contributed by atoms with van der Waals surface area (Å²) in [6.07, 6.45) is 9.58. The summed E-state index contributed by atoms with van der Waals surface area (Å²) in [5, 5.41) is 0. The highest BCUT2D eigenvalue weighted by Gasteiger charge is 2.20. The predicted molar refractivity (Wildman–Crippen MR) is 133 cm³/mol. The van der Waals surface area contributed by atoms with Gasteiger partial charge in [-0.3, -0.25) is 0 Å². The third-order valence-electron chi connectivity index (χ3n) is 6.47. The topological polar surface area (TPSA) is 6.48 Å². The molecule has 0 N–H and O–H groups in total. The van der Waals surface area contributed by atoms with Gasteiger partial charge in [0.1, 0.15) is 0 Å². The van der Waals surface area contributed by atoms with Gasteiger partial charge >= 0.3 is 0 Å². The number of allylic oxidation sites excluding steroid dienone is 1. The average molecular weight is 405 g/mol. The van der Waals surface area contributed by atoms with Gasteiger partial charge in [0.2, 0.25) is 0 Å². The molecule has 0 amide bonds.